The van der Waals surface area contributed by atoms with Gasteiger partial charge in [0, 0.05) is 0 Å². The summed E-state index contributed by atoms with van der Waals surface area (Å²) in [6.45, 7) is 4.50. The van der Waals surface area contributed by atoms with Crippen LogP contribution in [0.5, 0.6) is 5.75 Å². The molecule has 3 rings (SSSR count). The summed E-state index contributed by atoms with van der Waals surface area (Å²) in [7, 11) is 1.64. The molecule has 2 aliphatic rings. The highest BCUT2D eigenvalue weighted by molar-refractivity contribution is 7.98. The first-order valence-electron chi connectivity index (χ1n) is 8.23. The van der Waals surface area contributed by atoms with Gasteiger partial charge in [-0.2, -0.15) is 11.8 Å². The molecule has 0 saturated carbocycles. The zero-order valence-electron chi connectivity index (χ0n) is 14.7. The van der Waals surface area contributed by atoms with Gasteiger partial charge in [-0.25, -0.2) is 0 Å². The van der Waals surface area contributed by atoms with Crippen molar-refractivity contribution in [3.63, 3.8) is 0 Å². The number of hydrogen-bond donors (Lipinski definition) is 0. The summed E-state index contributed by atoms with van der Waals surface area (Å²) in [6, 6.07) is 7.81. The van der Waals surface area contributed by atoms with E-state index in [-0.39, 0.29) is 18.1 Å². The van der Waals surface area contributed by atoms with Gasteiger partial charge in [0.15, 0.2) is 6.10 Å². The predicted octanol–water partition coefficient (Wildman–Crippen LogP) is 2.85. The summed E-state index contributed by atoms with van der Waals surface area (Å²) < 4.78 is 16.7. The molecule has 2 fully saturated rings. The number of benzene rings is 1. The second kappa shape index (κ2) is 6.94. The molecule has 1 aromatic carbocycles. The van der Waals surface area contributed by atoms with Gasteiger partial charge in [-0.05, 0) is 50.0 Å². The van der Waals surface area contributed by atoms with Gasteiger partial charge in [0.2, 0.25) is 0 Å². The van der Waals surface area contributed by atoms with E-state index >= 15 is 0 Å². The van der Waals surface area contributed by atoms with Crippen molar-refractivity contribution in [2.75, 3.05) is 25.7 Å². The Kier molecular flexibility index (Phi) is 5.08. The van der Waals surface area contributed by atoms with Crippen LogP contribution in [0.2, 0.25) is 0 Å². The Morgan fingerprint density at radius 1 is 1.38 bits per heavy atom. The summed E-state index contributed by atoms with van der Waals surface area (Å²) in [5, 5.41) is 0. The van der Waals surface area contributed by atoms with Crippen molar-refractivity contribution in [3.8, 4) is 5.75 Å². The van der Waals surface area contributed by atoms with E-state index in [9.17, 15) is 4.79 Å². The van der Waals surface area contributed by atoms with Gasteiger partial charge in [0.05, 0.1) is 19.8 Å². The van der Waals surface area contributed by atoms with Crippen LogP contribution in [0.1, 0.15) is 31.9 Å². The lowest BCUT2D eigenvalue weighted by Crippen LogP contribution is -2.50. The molecule has 1 aromatic rings. The van der Waals surface area contributed by atoms with Gasteiger partial charge in [-0.1, -0.05) is 12.1 Å². The standard InChI is InChI=1S/C18H25NO4S/c1-18(2)19(13(11-22-18)9-10-24-4)17(20)16-15(23-16)12-5-7-14(21-3)8-6-12/h5-8,13,15-16H,9-11H2,1-4H3/t13-,15+,16-/m1/s1. The number of nitrogens with zero attached hydrogens (tertiary/aromatic N) is 1. The quantitative estimate of drug-likeness (QED) is 0.738. The molecule has 0 aromatic heterocycles. The highest BCUT2D eigenvalue weighted by atomic mass is 32.2. The zero-order chi connectivity index (χ0) is 17.3. The van der Waals surface area contributed by atoms with Crippen LogP contribution in [0.3, 0.4) is 0 Å². The fraction of sp³-hybridized carbons (Fsp3) is 0.611. The molecule has 2 saturated heterocycles. The highest BCUT2D eigenvalue weighted by Crippen LogP contribution is 2.43. The number of epoxide rings is 1. The number of hydrogen-bond acceptors (Lipinski definition) is 5. The zero-order valence-corrected chi connectivity index (χ0v) is 15.5. The molecule has 3 atom stereocenters. The average molecular weight is 351 g/mol. The van der Waals surface area contributed by atoms with Crippen molar-refractivity contribution in [1.82, 2.24) is 4.90 Å². The number of carbonyl (C=O) groups is 1. The van der Waals surface area contributed by atoms with Gasteiger partial charge < -0.3 is 19.1 Å². The molecule has 0 unspecified atom stereocenters. The second-order valence-corrected chi connectivity index (χ2v) is 7.64. The number of thioether (sulfide) groups is 1. The molecule has 2 heterocycles. The normalized spacial score (nSPS) is 28.0. The van der Waals surface area contributed by atoms with Crippen molar-refractivity contribution in [2.45, 2.75) is 44.2 Å². The lowest BCUT2D eigenvalue weighted by Gasteiger charge is -2.33. The van der Waals surface area contributed by atoms with Crippen molar-refractivity contribution < 1.29 is 19.0 Å². The number of carbonyl (C=O) groups excluding carboxylic acids is 1. The van der Waals surface area contributed by atoms with E-state index in [1.54, 1.807) is 18.9 Å². The summed E-state index contributed by atoms with van der Waals surface area (Å²) in [4.78, 5) is 14.9. The molecule has 6 heteroatoms. The van der Waals surface area contributed by atoms with Crippen LogP contribution in [0.25, 0.3) is 0 Å². The maximum Gasteiger partial charge on any atom is 0.257 e. The minimum atomic E-state index is -0.573. The van der Waals surface area contributed by atoms with Gasteiger partial charge in [-0.15, -0.1) is 0 Å². The second-order valence-electron chi connectivity index (χ2n) is 6.65. The summed E-state index contributed by atoms with van der Waals surface area (Å²) >= 11 is 1.79. The summed E-state index contributed by atoms with van der Waals surface area (Å²) in [5.41, 5.74) is 0.434. The third kappa shape index (κ3) is 3.41. The minimum Gasteiger partial charge on any atom is -0.497 e. The third-order valence-corrected chi connectivity index (χ3v) is 5.29. The van der Waals surface area contributed by atoms with E-state index in [1.165, 1.54) is 0 Å². The molecule has 0 aliphatic carbocycles. The Labute approximate surface area is 147 Å². The van der Waals surface area contributed by atoms with E-state index in [0.29, 0.717) is 6.61 Å². The predicted molar refractivity (Wildman–Crippen MR) is 94.3 cm³/mol. The molecular formula is C18H25NO4S. The van der Waals surface area contributed by atoms with E-state index in [0.717, 1.165) is 23.5 Å². The molecule has 0 radical (unpaired) electrons. The van der Waals surface area contributed by atoms with Crippen molar-refractivity contribution >= 4 is 17.7 Å². The van der Waals surface area contributed by atoms with Crippen LogP contribution in [0, 0.1) is 0 Å². The number of ether oxygens (including phenoxy) is 3. The molecule has 24 heavy (non-hydrogen) atoms. The van der Waals surface area contributed by atoms with Crippen molar-refractivity contribution in [2.24, 2.45) is 0 Å². The fourth-order valence-corrected chi connectivity index (χ4v) is 3.79. The smallest absolute Gasteiger partial charge is 0.257 e. The Hall–Kier alpha value is -1.24. The first-order chi connectivity index (χ1) is 11.5. The molecule has 5 nitrogen and oxygen atoms in total. The minimum absolute atomic E-state index is 0.0319. The first-order valence-corrected chi connectivity index (χ1v) is 9.63. The SMILES string of the molecule is COc1ccc([C@@H]2O[C@H]2C(=O)N2[C@H](CCSC)COC2(C)C)cc1. The topological polar surface area (TPSA) is 51.3 Å². The van der Waals surface area contributed by atoms with Crippen LogP contribution in [0.4, 0.5) is 0 Å². The maximum absolute atomic E-state index is 13.0. The Morgan fingerprint density at radius 2 is 2.08 bits per heavy atom. The summed E-state index contributed by atoms with van der Waals surface area (Å²) in [5.74, 6) is 1.85. The third-order valence-electron chi connectivity index (χ3n) is 4.65. The van der Waals surface area contributed by atoms with E-state index in [1.807, 2.05) is 43.0 Å². The fourth-order valence-electron chi connectivity index (χ4n) is 3.28. The summed E-state index contributed by atoms with van der Waals surface area (Å²) in [6.07, 6.45) is 2.45. The van der Waals surface area contributed by atoms with Crippen molar-refractivity contribution in [1.29, 1.82) is 0 Å². The number of methoxy groups -OCH3 is 1. The van der Waals surface area contributed by atoms with Crippen LogP contribution >= 0.6 is 11.8 Å². The number of amides is 1. The van der Waals surface area contributed by atoms with Gasteiger partial charge >= 0.3 is 0 Å². The van der Waals surface area contributed by atoms with E-state index in [2.05, 4.69) is 6.26 Å². The molecule has 0 N–H and O–H groups in total. The van der Waals surface area contributed by atoms with Crippen LogP contribution in [-0.4, -0.2) is 54.4 Å². The molecule has 0 bridgehead atoms. The number of rotatable bonds is 6. The lowest BCUT2D eigenvalue weighted by atomic mass is 10.1. The van der Waals surface area contributed by atoms with Crippen LogP contribution < -0.4 is 4.74 Å². The van der Waals surface area contributed by atoms with Crippen LogP contribution in [0.15, 0.2) is 24.3 Å². The van der Waals surface area contributed by atoms with Gasteiger partial charge in [0.25, 0.3) is 5.91 Å². The first kappa shape index (κ1) is 17.6. The molecule has 132 valence electrons. The average Bonchev–Trinajstić information content (AvgIpc) is 3.31. The molecule has 2 aliphatic heterocycles. The lowest BCUT2D eigenvalue weighted by molar-refractivity contribution is -0.147. The van der Waals surface area contributed by atoms with Gasteiger partial charge in [-0.3, -0.25) is 4.79 Å². The maximum atomic E-state index is 13.0. The Bertz CT molecular complexity index is 589. The Balaban J connectivity index is 1.69. The Morgan fingerprint density at radius 3 is 2.71 bits per heavy atom. The molecular weight excluding hydrogens is 326 g/mol. The van der Waals surface area contributed by atoms with Crippen molar-refractivity contribution in [3.05, 3.63) is 29.8 Å². The highest BCUT2D eigenvalue weighted by Gasteiger charge is 2.54. The van der Waals surface area contributed by atoms with Crippen LogP contribution in [-0.2, 0) is 14.3 Å². The van der Waals surface area contributed by atoms with E-state index < -0.39 is 11.8 Å². The monoisotopic (exact) mass is 351 g/mol. The molecule has 0 spiro atoms. The molecule has 1 amide bonds. The van der Waals surface area contributed by atoms with E-state index in [4.69, 9.17) is 14.2 Å². The largest absolute Gasteiger partial charge is 0.497 e. The van der Waals surface area contributed by atoms with Gasteiger partial charge in [0.1, 0.15) is 17.6 Å².